The fraction of sp³-hybridized carbons (Fsp3) is 0.714. The van der Waals surface area contributed by atoms with Crippen LogP contribution in [-0.4, -0.2) is 56.1 Å². The molecule has 0 unspecified atom stereocenters. The van der Waals surface area contributed by atoms with E-state index in [1.165, 1.54) is 0 Å². The third-order valence-electron chi connectivity index (χ3n) is 5.98. The van der Waals surface area contributed by atoms with Crippen LogP contribution in [0.2, 0.25) is 18.1 Å². The highest BCUT2D eigenvalue weighted by molar-refractivity contribution is 6.91. The fourth-order valence-electron chi connectivity index (χ4n) is 2.96. The van der Waals surface area contributed by atoms with E-state index in [4.69, 9.17) is 9.15 Å². The minimum Gasteiger partial charge on any atom is -0.473 e. The molecule has 0 saturated carbocycles. The molecule has 0 spiro atoms. The Morgan fingerprint density at radius 2 is 1.50 bits per heavy atom. The standard InChI is InChI=1S/C21H38N2O4Si/c1-10-22(11-2)18(24)16-14-26-19(28(8,9)21(5,6)7)17(16)15-27-20(25)23(12-3)13-4/h14H,10-13,15H2,1-9H3. The molecule has 160 valence electrons. The fourth-order valence-corrected chi connectivity index (χ4v) is 4.95. The molecule has 1 heterocycles. The van der Waals surface area contributed by atoms with E-state index in [1.807, 2.05) is 27.7 Å². The lowest BCUT2D eigenvalue weighted by atomic mass is 10.2. The molecule has 0 aliphatic heterocycles. The quantitative estimate of drug-likeness (QED) is 0.594. The van der Waals surface area contributed by atoms with Gasteiger partial charge in [-0.15, -0.1) is 0 Å². The number of rotatable bonds is 8. The van der Waals surface area contributed by atoms with Crippen LogP contribution in [0, 0.1) is 0 Å². The van der Waals surface area contributed by atoms with Gasteiger partial charge in [-0.3, -0.25) is 4.79 Å². The molecule has 0 bridgehead atoms. The molecule has 2 amide bonds. The second kappa shape index (κ2) is 9.63. The summed E-state index contributed by atoms with van der Waals surface area (Å²) in [5.41, 5.74) is 1.24. The van der Waals surface area contributed by atoms with Gasteiger partial charge in [0.2, 0.25) is 0 Å². The SMILES string of the molecule is CCN(CC)C(=O)OCc1c(C(=O)N(CC)CC)coc1[Si](C)(C)C(C)(C)C. The molecule has 1 rings (SSSR count). The molecule has 0 fully saturated rings. The second-order valence-electron chi connectivity index (χ2n) is 8.54. The van der Waals surface area contributed by atoms with Crippen LogP contribution < -0.4 is 5.38 Å². The van der Waals surface area contributed by atoms with Gasteiger partial charge in [-0.1, -0.05) is 33.9 Å². The first kappa shape index (κ1) is 24.3. The van der Waals surface area contributed by atoms with Gasteiger partial charge in [0.15, 0.2) is 0 Å². The summed E-state index contributed by atoms with van der Waals surface area (Å²) in [6, 6.07) is 0. The minimum atomic E-state index is -2.06. The van der Waals surface area contributed by atoms with Crippen molar-refractivity contribution in [3.8, 4) is 0 Å². The lowest BCUT2D eigenvalue weighted by Gasteiger charge is -2.35. The van der Waals surface area contributed by atoms with Crippen molar-refractivity contribution < 1.29 is 18.7 Å². The van der Waals surface area contributed by atoms with Gasteiger partial charge >= 0.3 is 6.09 Å². The Hall–Kier alpha value is -1.76. The molecule has 0 atom stereocenters. The van der Waals surface area contributed by atoms with Crippen molar-refractivity contribution in [3.63, 3.8) is 0 Å². The molecule has 7 heteroatoms. The van der Waals surface area contributed by atoms with Gasteiger partial charge in [0.1, 0.15) is 20.9 Å². The molecule has 6 nitrogen and oxygen atoms in total. The highest BCUT2D eigenvalue weighted by atomic mass is 28.3. The Balaban J connectivity index is 3.36. The van der Waals surface area contributed by atoms with E-state index >= 15 is 0 Å². The van der Waals surface area contributed by atoms with Crippen molar-refractivity contribution in [2.45, 2.75) is 73.2 Å². The monoisotopic (exact) mass is 410 g/mol. The van der Waals surface area contributed by atoms with Crippen molar-refractivity contribution >= 4 is 25.5 Å². The minimum absolute atomic E-state index is 0.0258. The van der Waals surface area contributed by atoms with Crippen LogP contribution >= 0.6 is 0 Å². The normalized spacial score (nSPS) is 12.0. The summed E-state index contributed by atoms with van der Waals surface area (Å²) in [5, 5.41) is 0.862. The van der Waals surface area contributed by atoms with Gasteiger partial charge in [0.05, 0.1) is 10.9 Å². The van der Waals surface area contributed by atoms with E-state index in [9.17, 15) is 9.59 Å². The van der Waals surface area contributed by atoms with Crippen LogP contribution in [0.5, 0.6) is 0 Å². The summed E-state index contributed by atoms with van der Waals surface area (Å²) in [6.45, 7) is 21.2. The van der Waals surface area contributed by atoms with Crippen molar-refractivity contribution in [1.29, 1.82) is 0 Å². The summed E-state index contributed by atoms with van der Waals surface area (Å²) in [5.74, 6) is -0.0763. The number of amides is 2. The molecular weight excluding hydrogens is 372 g/mol. The maximum Gasteiger partial charge on any atom is 0.410 e. The second-order valence-corrected chi connectivity index (χ2v) is 13.7. The van der Waals surface area contributed by atoms with E-state index in [1.54, 1.807) is 16.1 Å². The van der Waals surface area contributed by atoms with Gasteiger partial charge in [-0.2, -0.15) is 0 Å². The van der Waals surface area contributed by atoms with Gasteiger partial charge in [-0.05, 0) is 32.7 Å². The number of ether oxygens (including phenoxy) is 1. The predicted molar refractivity (Wildman–Crippen MR) is 116 cm³/mol. The maximum atomic E-state index is 13.0. The highest BCUT2D eigenvalue weighted by Crippen LogP contribution is 2.37. The summed E-state index contributed by atoms with van der Waals surface area (Å²) in [4.78, 5) is 28.8. The van der Waals surface area contributed by atoms with E-state index in [2.05, 4.69) is 33.9 Å². The molecule has 0 aliphatic rings. The van der Waals surface area contributed by atoms with Crippen molar-refractivity contribution in [2.24, 2.45) is 0 Å². The van der Waals surface area contributed by atoms with Gasteiger partial charge in [0.25, 0.3) is 5.91 Å². The average molecular weight is 411 g/mol. The number of furan rings is 1. The zero-order valence-electron chi connectivity index (χ0n) is 19.1. The van der Waals surface area contributed by atoms with Crippen LogP contribution in [0.25, 0.3) is 0 Å². The van der Waals surface area contributed by atoms with E-state index in [0.29, 0.717) is 31.7 Å². The van der Waals surface area contributed by atoms with E-state index in [-0.39, 0.29) is 23.6 Å². The number of hydrogen-bond donors (Lipinski definition) is 0. The van der Waals surface area contributed by atoms with Crippen LogP contribution in [0.4, 0.5) is 4.79 Å². The lowest BCUT2D eigenvalue weighted by Crippen LogP contribution is -2.50. The summed E-state index contributed by atoms with van der Waals surface area (Å²) >= 11 is 0. The Bertz CT molecular complexity index is 668. The Morgan fingerprint density at radius 3 is 1.93 bits per heavy atom. The Kier molecular flexibility index (Phi) is 8.35. The summed E-state index contributed by atoms with van der Waals surface area (Å²) in [7, 11) is -2.06. The molecule has 1 aromatic heterocycles. The third-order valence-corrected chi connectivity index (χ3v) is 11.3. The van der Waals surface area contributed by atoms with Crippen LogP contribution in [0.3, 0.4) is 0 Å². The topological polar surface area (TPSA) is 63.0 Å². The molecule has 0 saturated heterocycles. The maximum absolute atomic E-state index is 13.0. The third kappa shape index (κ3) is 4.99. The highest BCUT2D eigenvalue weighted by Gasteiger charge is 2.43. The van der Waals surface area contributed by atoms with Crippen LogP contribution in [0.1, 0.15) is 64.4 Å². The van der Waals surface area contributed by atoms with Gasteiger partial charge < -0.3 is 19.0 Å². The lowest BCUT2D eigenvalue weighted by molar-refractivity contribution is 0.0762. The van der Waals surface area contributed by atoms with Gasteiger partial charge in [-0.25, -0.2) is 4.79 Å². The number of hydrogen-bond acceptors (Lipinski definition) is 4. The zero-order valence-corrected chi connectivity index (χ0v) is 20.1. The summed E-state index contributed by atoms with van der Waals surface area (Å²) < 4.78 is 11.6. The van der Waals surface area contributed by atoms with Crippen molar-refractivity contribution in [1.82, 2.24) is 9.80 Å². The van der Waals surface area contributed by atoms with Crippen LogP contribution in [-0.2, 0) is 11.3 Å². The summed E-state index contributed by atoms with van der Waals surface area (Å²) in [6.07, 6.45) is 1.19. The Labute approximate surface area is 171 Å². The molecule has 28 heavy (non-hydrogen) atoms. The molecule has 0 radical (unpaired) electrons. The number of nitrogens with zero attached hydrogens (tertiary/aromatic N) is 2. The van der Waals surface area contributed by atoms with Crippen molar-refractivity contribution in [3.05, 3.63) is 17.4 Å². The smallest absolute Gasteiger partial charge is 0.410 e. The van der Waals surface area contributed by atoms with Crippen LogP contribution in [0.15, 0.2) is 10.7 Å². The van der Waals surface area contributed by atoms with Gasteiger partial charge in [0, 0.05) is 31.7 Å². The first-order valence-electron chi connectivity index (χ1n) is 10.3. The first-order chi connectivity index (χ1) is 13.0. The molecule has 0 N–H and O–H groups in total. The van der Waals surface area contributed by atoms with E-state index in [0.717, 1.165) is 10.9 Å². The Morgan fingerprint density at radius 1 is 1.00 bits per heavy atom. The molecule has 0 aromatic carbocycles. The predicted octanol–water partition coefficient (Wildman–Crippen LogP) is 4.46. The van der Waals surface area contributed by atoms with Crippen molar-refractivity contribution in [2.75, 3.05) is 26.2 Å². The van der Waals surface area contributed by atoms with E-state index < -0.39 is 8.07 Å². The molecule has 0 aliphatic carbocycles. The molecule has 1 aromatic rings. The first-order valence-corrected chi connectivity index (χ1v) is 13.3. The number of carbonyl (C=O) groups excluding carboxylic acids is 2. The zero-order chi connectivity index (χ0) is 21.7. The molecular formula is C21H38N2O4Si. The number of carbonyl (C=O) groups is 2. The average Bonchev–Trinajstić information content (AvgIpc) is 3.05. The largest absolute Gasteiger partial charge is 0.473 e.